The van der Waals surface area contributed by atoms with E-state index >= 15 is 0 Å². The maximum atomic E-state index is 11.7. The Bertz CT molecular complexity index is 385. The Kier molecular flexibility index (Phi) is 6.54. The summed E-state index contributed by atoms with van der Waals surface area (Å²) in [6.07, 6.45) is 0.334. The van der Waals surface area contributed by atoms with Gasteiger partial charge in [-0.05, 0) is 39.1 Å². The average molecular weight is 271 g/mol. The predicted molar refractivity (Wildman–Crippen MR) is 73.1 cm³/mol. The molecule has 1 amide bonds. The Hall–Kier alpha value is -1.26. The molecule has 1 unspecified atom stereocenters. The van der Waals surface area contributed by atoms with E-state index in [0.717, 1.165) is 13.0 Å². The van der Waals surface area contributed by atoms with Gasteiger partial charge in [0.2, 0.25) is 0 Å². The lowest BCUT2D eigenvalue weighted by molar-refractivity contribution is -0.127. The number of amides is 1. The van der Waals surface area contributed by atoms with Gasteiger partial charge in [-0.2, -0.15) is 0 Å². The Morgan fingerprint density at radius 2 is 2.11 bits per heavy atom. The van der Waals surface area contributed by atoms with Crippen molar-refractivity contribution in [2.24, 2.45) is 0 Å². The van der Waals surface area contributed by atoms with Crippen LogP contribution in [0.15, 0.2) is 24.3 Å². The number of carbonyl (C=O) groups is 1. The Morgan fingerprint density at radius 3 is 2.78 bits per heavy atom. The number of nitrogens with one attached hydrogen (secondary N) is 2. The van der Waals surface area contributed by atoms with Crippen LogP contribution in [0.2, 0.25) is 5.02 Å². The summed E-state index contributed by atoms with van der Waals surface area (Å²) < 4.78 is 5.50. The number of benzene rings is 1. The zero-order valence-corrected chi connectivity index (χ0v) is 11.5. The lowest BCUT2D eigenvalue weighted by atomic mass is 10.3. The molecule has 0 aliphatic rings. The van der Waals surface area contributed by atoms with E-state index in [9.17, 15) is 4.79 Å². The molecule has 2 N–H and O–H groups in total. The number of ether oxygens (including phenoxy) is 1. The highest BCUT2D eigenvalue weighted by Gasteiger charge is 2.14. The minimum absolute atomic E-state index is 0.133. The number of halogens is 1. The van der Waals surface area contributed by atoms with Gasteiger partial charge in [0, 0.05) is 6.54 Å². The van der Waals surface area contributed by atoms with E-state index in [1.165, 1.54) is 0 Å². The van der Waals surface area contributed by atoms with Crippen LogP contribution in [0.5, 0.6) is 5.75 Å². The molecular formula is C13H19ClN2O2. The third-order valence-corrected chi connectivity index (χ3v) is 2.72. The normalized spacial score (nSPS) is 11.9. The third-order valence-electron chi connectivity index (χ3n) is 2.41. The number of hydrogen-bond donors (Lipinski definition) is 2. The molecule has 18 heavy (non-hydrogen) atoms. The molecule has 1 rings (SSSR count). The van der Waals surface area contributed by atoms with Gasteiger partial charge in [-0.25, -0.2) is 0 Å². The molecule has 4 nitrogen and oxygen atoms in total. The lowest BCUT2D eigenvalue weighted by Crippen LogP contribution is -2.37. The molecule has 0 bridgehead atoms. The standard InChI is InChI=1S/C13H19ClN2O2/c1-10(13(17)16-9-5-8-15-2)18-12-7-4-3-6-11(12)14/h3-4,6-7,10,15H,5,8-9H2,1-2H3,(H,16,17). The van der Waals surface area contributed by atoms with Gasteiger partial charge >= 0.3 is 0 Å². The van der Waals surface area contributed by atoms with E-state index in [2.05, 4.69) is 10.6 Å². The Labute approximate surface area is 113 Å². The van der Waals surface area contributed by atoms with Crippen LogP contribution in [0, 0.1) is 0 Å². The topological polar surface area (TPSA) is 50.4 Å². The van der Waals surface area contributed by atoms with Crippen molar-refractivity contribution in [1.82, 2.24) is 10.6 Å². The van der Waals surface area contributed by atoms with Gasteiger partial charge in [0.05, 0.1) is 5.02 Å². The molecule has 0 fully saturated rings. The van der Waals surface area contributed by atoms with Crippen molar-refractivity contribution < 1.29 is 9.53 Å². The van der Waals surface area contributed by atoms with E-state index in [4.69, 9.17) is 16.3 Å². The first kappa shape index (κ1) is 14.8. The monoisotopic (exact) mass is 270 g/mol. The molecule has 100 valence electrons. The zero-order valence-electron chi connectivity index (χ0n) is 10.7. The van der Waals surface area contributed by atoms with Crippen molar-refractivity contribution in [1.29, 1.82) is 0 Å². The van der Waals surface area contributed by atoms with Gasteiger partial charge in [-0.1, -0.05) is 23.7 Å². The zero-order chi connectivity index (χ0) is 13.4. The molecule has 0 saturated heterocycles. The first-order chi connectivity index (χ1) is 8.65. The van der Waals surface area contributed by atoms with E-state index in [1.54, 1.807) is 19.1 Å². The second-order valence-electron chi connectivity index (χ2n) is 3.94. The van der Waals surface area contributed by atoms with Crippen molar-refractivity contribution in [3.05, 3.63) is 29.3 Å². The molecule has 0 spiro atoms. The fourth-order valence-corrected chi connectivity index (χ4v) is 1.59. The van der Waals surface area contributed by atoms with Crippen LogP contribution in [0.25, 0.3) is 0 Å². The van der Waals surface area contributed by atoms with Gasteiger partial charge in [0.1, 0.15) is 5.75 Å². The van der Waals surface area contributed by atoms with Gasteiger partial charge in [-0.15, -0.1) is 0 Å². The fourth-order valence-electron chi connectivity index (χ4n) is 1.40. The Balaban J connectivity index is 2.38. The van der Waals surface area contributed by atoms with Crippen LogP contribution in [-0.2, 0) is 4.79 Å². The van der Waals surface area contributed by atoms with Crippen molar-refractivity contribution in [3.8, 4) is 5.75 Å². The average Bonchev–Trinajstić information content (AvgIpc) is 2.37. The highest BCUT2D eigenvalue weighted by atomic mass is 35.5. The predicted octanol–water partition coefficient (Wildman–Crippen LogP) is 1.83. The minimum atomic E-state index is -0.556. The van der Waals surface area contributed by atoms with Crippen molar-refractivity contribution in [2.75, 3.05) is 20.1 Å². The molecular weight excluding hydrogens is 252 g/mol. The molecule has 1 aromatic carbocycles. The summed E-state index contributed by atoms with van der Waals surface area (Å²) >= 11 is 5.95. The largest absolute Gasteiger partial charge is 0.479 e. The fraction of sp³-hybridized carbons (Fsp3) is 0.462. The number of rotatable bonds is 7. The molecule has 1 aromatic rings. The third kappa shape index (κ3) is 4.94. The highest BCUT2D eigenvalue weighted by molar-refractivity contribution is 6.32. The highest BCUT2D eigenvalue weighted by Crippen LogP contribution is 2.24. The summed E-state index contributed by atoms with van der Waals surface area (Å²) in [5.41, 5.74) is 0. The molecule has 0 aromatic heterocycles. The number of para-hydroxylation sites is 1. The quantitative estimate of drug-likeness (QED) is 0.744. The summed E-state index contributed by atoms with van der Waals surface area (Å²) in [6, 6.07) is 7.11. The van der Waals surface area contributed by atoms with E-state index in [0.29, 0.717) is 17.3 Å². The smallest absolute Gasteiger partial charge is 0.260 e. The summed E-state index contributed by atoms with van der Waals surface area (Å²) in [5.74, 6) is 0.392. The summed E-state index contributed by atoms with van der Waals surface area (Å²) in [7, 11) is 1.88. The SMILES string of the molecule is CNCCCNC(=O)C(C)Oc1ccccc1Cl. The molecule has 0 aliphatic heterocycles. The summed E-state index contributed by atoms with van der Waals surface area (Å²) in [5, 5.41) is 6.33. The summed E-state index contributed by atoms with van der Waals surface area (Å²) in [4.78, 5) is 11.7. The maximum absolute atomic E-state index is 11.7. The van der Waals surface area contributed by atoms with Crippen LogP contribution in [0.3, 0.4) is 0 Å². The van der Waals surface area contributed by atoms with E-state index in [-0.39, 0.29) is 5.91 Å². The van der Waals surface area contributed by atoms with Crippen LogP contribution >= 0.6 is 11.6 Å². The molecule has 0 saturated carbocycles. The van der Waals surface area contributed by atoms with Crippen LogP contribution in [0.4, 0.5) is 0 Å². The summed E-state index contributed by atoms with van der Waals surface area (Å²) in [6.45, 7) is 3.21. The van der Waals surface area contributed by atoms with E-state index < -0.39 is 6.10 Å². The number of hydrogen-bond acceptors (Lipinski definition) is 3. The number of carbonyl (C=O) groups excluding carboxylic acids is 1. The first-order valence-electron chi connectivity index (χ1n) is 5.98. The first-order valence-corrected chi connectivity index (χ1v) is 6.36. The van der Waals surface area contributed by atoms with Gasteiger partial charge in [-0.3, -0.25) is 4.79 Å². The molecule has 1 atom stereocenters. The van der Waals surface area contributed by atoms with Crippen LogP contribution < -0.4 is 15.4 Å². The Morgan fingerprint density at radius 1 is 1.39 bits per heavy atom. The molecule has 0 radical (unpaired) electrons. The van der Waals surface area contributed by atoms with Gasteiger partial charge in [0.15, 0.2) is 6.10 Å². The molecule has 5 heteroatoms. The molecule has 0 aliphatic carbocycles. The second-order valence-corrected chi connectivity index (χ2v) is 4.35. The lowest BCUT2D eigenvalue weighted by Gasteiger charge is -2.15. The maximum Gasteiger partial charge on any atom is 0.260 e. The van der Waals surface area contributed by atoms with Gasteiger partial charge < -0.3 is 15.4 Å². The van der Waals surface area contributed by atoms with Crippen LogP contribution in [-0.4, -0.2) is 32.1 Å². The van der Waals surface area contributed by atoms with E-state index in [1.807, 2.05) is 19.2 Å². The van der Waals surface area contributed by atoms with Crippen LogP contribution in [0.1, 0.15) is 13.3 Å². The van der Waals surface area contributed by atoms with Crippen molar-refractivity contribution in [3.63, 3.8) is 0 Å². The second kappa shape index (κ2) is 7.95. The minimum Gasteiger partial charge on any atom is -0.479 e. The van der Waals surface area contributed by atoms with Crippen molar-refractivity contribution in [2.45, 2.75) is 19.4 Å². The molecule has 0 heterocycles. The van der Waals surface area contributed by atoms with Gasteiger partial charge in [0.25, 0.3) is 5.91 Å². The van der Waals surface area contributed by atoms with Crippen molar-refractivity contribution >= 4 is 17.5 Å².